The summed E-state index contributed by atoms with van der Waals surface area (Å²) in [6, 6.07) is 4.79. The Labute approximate surface area is 89.6 Å². The maximum atomic E-state index is 12.4. The van der Waals surface area contributed by atoms with E-state index in [2.05, 4.69) is 21.2 Å². The average Bonchev–Trinajstić information content (AvgIpc) is 2.17. The highest BCUT2D eigenvalue weighted by atomic mass is 79.9. The first-order valence-electron chi connectivity index (χ1n) is 4.48. The van der Waals surface area contributed by atoms with Crippen molar-refractivity contribution in [1.82, 2.24) is 0 Å². The summed E-state index contributed by atoms with van der Waals surface area (Å²) < 4.78 is 24.8. The molecule has 0 saturated carbocycles. The molecule has 1 unspecified atom stereocenters. The van der Waals surface area contributed by atoms with Gasteiger partial charge in [-0.05, 0) is 18.1 Å². The smallest absolute Gasteiger partial charge is 0.263 e. The molecule has 1 heterocycles. The number of fused-ring (bicyclic) bond motifs is 1. The normalized spacial score (nSPS) is 20.4. The largest absolute Gasteiger partial charge is 0.385 e. The van der Waals surface area contributed by atoms with E-state index in [4.69, 9.17) is 0 Å². The number of anilines is 1. The number of hydrogen-bond acceptors (Lipinski definition) is 1. The second kappa shape index (κ2) is 3.85. The molecular weight excluding hydrogens is 252 g/mol. The average molecular weight is 262 g/mol. The number of alkyl halides is 3. The lowest BCUT2D eigenvalue weighted by molar-refractivity contribution is 0.151. The third kappa shape index (κ3) is 1.75. The molecule has 0 spiro atoms. The minimum atomic E-state index is -2.39. The van der Waals surface area contributed by atoms with Crippen molar-refractivity contribution in [3.8, 4) is 0 Å². The second-order valence-electron chi connectivity index (χ2n) is 3.33. The third-order valence-electron chi connectivity index (χ3n) is 2.38. The Morgan fingerprint density at radius 1 is 1.43 bits per heavy atom. The van der Waals surface area contributed by atoms with Crippen LogP contribution >= 0.6 is 15.9 Å². The fraction of sp³-hybridized carbons (Fsp3) is 0.400. The Morgan fingerprint density at radius 2 is 2.21 bits per heavy atom. The molecule has 0 fully saturated rings. The van der Waals surface area contributed by atoms with Gasteiger partial charge in [-0.3, -0.25) is 0 Å². The molecule has 1 aliphatic heterocycles. The number of hydrogen-bond donors (Lipinski definition) is 1. The molecular formula is C10H10BrF2N. The van der Waals surface area contributed by atoms with Crippen molar-refractivity contribution in [2.45, 2.75) is 17.7 Å². The molecule has 0 saturated heterocycles. The predicted octanol–water partition coefficient (Wildman–Crippen LogP) is 3.88. The lowest BCUT2D eigenvalue weighted by atomic mass is 10.0. The van der Waals surface area contributed by atoms with Gasteiger partial charge in [0.05, 0.1) is 0 Å². The standard InChI is InChI=1S/C10H10BrF2N/c11-8-3-4-14-9-5-6(10(12)13)1-2-7(8)9/h1-2,5,8,10,14H,3-4H2. The molecule has 1 aliphatic rings. The molecule has 2 rings (SSSR count). The number of rotatable bonds is 1. The molecule has 4 heteroatoms. The van der Waals surface area contributed by atoms with E-state index in [1.165, 1.54) is 12.1 Å². The van der Waals surface area contributed by atoms with Gasteiger partial charge in [0.15, 0.2) is 0 Å². The Morgan fingerprint density at radius 3 is 2.93 bits per heavy atom. The van der Waals surface area contributed by atoms with E-state index < -0.39 is 6.43 Å². The monoisotopic (exact) mass is 261 g/mol. The van der Waals surface area contributed by atoms with Gasteiger partial charge in [-0.2, -0.15) is 0 Å². The highest BCUT2D eigenvalue weighted by Crippen LogP contribution is 2.37. The van der Waals surface area contributed by atoms with Gasteiger partial charge in [0, 0.05) is 22.6 Å². The SMILES string of the molecule is FC(F)c1ccc2c(c1)NCCC2Br. The molecule has 0 amide bonds. The van der Waals surface area contributed by atoms with Crippen LogP contribution < -0.4 is 5.32 Å². The van der Waals surface area contributed by atoms with Crippen LogP contribution in [0.5, 0.6) is 0 Å². The van der Waals surface area contributed by atoms with E-state index in [1.807, 2.05) is 0 Å². The summed E-state index contributed by atoms with van der Waals surface area (Å²) in [5, 5.41) is 3.12. The fourth-order valence-electron chi connectivity index (χ4n) is 1.62. The molecule has 0 radical (unpaired) electrons. The predicted molar refractivity (Wildman–Crippen MR) is 56.2 cm³/mol. The molecule has 0 bridgehead atoms. The summed E-state index contributed by atoms with van der Waals surface area (Å²) in [5.74, 6) is 0. The summed E-state index contributed by atoms with van der Waals surface area (Å²) >= 11 is 3.52. The Kier molecular flexibility index (Phi) is 2.72. The second-order valence-corrected chi connectivity index (χ2v) is 4.44. The molecule has 1 aromatic rings. The number of halogens is 3. The van der Waals surface area contributed by atoms with Gasteiger partial charge in [0.2, 0.25) is 0 Å². The lowest BCUT2D eigenvalue weighted by Crippen LogP contribution is -2.13. The minimum Gasteiger partial charge on any atom is -0.385 e. The van der Waals surface area contributed by atoms with Crippen molar-refractivity contribution in [2.75, 3.05) is 11.9 Å². The zero-order valence-corrected chi connectivity index (χ0v) is 9.02. The van der Waals surface area contributed by atoms with Crippen LogP contribution in [-0.2, 0) is 0 Å². The highest BCUT2D eigenvalue weighted by molar-refractivity contribution is 9.09. The summed E-state index contributed by atoms with van der Waals surface area (Å²) in [6.45, 7) is 0.829. The van der Waals surface area contributed by atoms with Gasteiger partial charge in [0.1, 0.15) is 0 Å². The van der Waals surface area contributed by atoms with E-state index in [-0.39, 0.29) is 10.4 Å². The van der Waals surface area contributed by atoms with Gasteiger partial charge in [0.25, 0.3) is 6.43 Å². The Hall–Kier alpha value is -0.640. The topological polar surface area (TPSA) is 12.0 Å². The Balaban J connectivity index is 2.39. The van der Waals surface area contributed by atoms with Crippen molar-refractivity contribution in [3.63, 3.8) is 0 Å². The van der Waals surface area contributed by atoms with Crippen LogP contribution in [0.1, 0.15) is 28.8 Å². The van der Waals surface area contributed by atoms with Crippen LogP contribution in [0.2, 0.25) is 0 Å². The van der Waals surface area contributed by atoms with Crippen molar-refractivity contribution >= 4 is 21.6 Å². The zero-order chi connectivity index (χ0) is 10.1. The van der Waals surface area contributed by atoms with Crippen LogP contribution in [0.25, 0.3) is 0 Å². The molecule has 1 nitrogen and oxygen atoms in total. The van der Waals surface area contributed by atoms with E-state index in [0.29, 0.717) is 0 Å². The molecule has 0 aliphatic carbocycles. The first-order chi connectivity index (χ1) is 6.68. The minimum absolute atomic E-state index is 0.0813. The van der Waals surface area contributed by atoms with Gasteiger partial charge in [-0.25, -0.2) is 8.78 Å². The van der Waals surface area contributed by atoms with Gasteiger partial charge < -0.3 is 5.32 Å². The van der Waals surface area contributed by atoms with Crippen molar-refractivity contribution in [2.24, 2.45) is 0 Å². The van der Waals surface area contributed by atoms with Crippen LogP contribution in [0.4, 0.5) is 14.5 Å². The van der Waals surface area contributed by atoms with Crippen LogP contribution in [0, 0.1) is 0 Å². The highest BCUT2D eigenvalue weighted by Gasteiger charge is 2.18. The van der Waals surface area contributed by atoms with Gasteiger partial charge >= 0.3 is 0 Å². The van der Waals surface area contributed by atoms with Crippen molar-refractivity contribution < 1.29 is 8.78 Å². The third-order valence-corrected chi connectivity index (χ3v) is 3.33. The fourth-order valence-corrected chi connectivity index (χ4v) is 2.25. The first-order valence-corrected chi connectivity index (χ1v) is 5.40. The number of benzene rings is 1. The van der Waals surface area contributed by atoms with E-state index in [1.54, 1.807) is 6.07 Å². The summed E-state index contributed by atoms with van der Waals surface area (Å²) in [4.78, 5) is 0.283. The van der Waals surface area contributed by atoms with E-state index in [9.17, 15) is 8.78 Å². The molecule has 76 valence electrons. The maximum Gasteiger partial charge on any atom is 0.263 e. The van der Waals surface area contributed by atoms with Crippen LogP contribution in [-0.4, -0.2) is 6.54 Å². The molecule has 1 N–H and O–H groups in total. The summed E-state index contributed by atoms with van der Waals surface area (Å²) in [7, 11) is 0. The molecule has 1 aromatic carbocycles. The molecule has 1 atom stereocenters. The first kappa shape index (κ1) is 9.90. The van der Waals surface area contributed by atoms with E-state index >= 15 is 0 Å². The van der Waals surface area contributed by atoms with Gasteiger partial charge in [-0.1, -0.05) is 28.1 Å². The Bertz CT molecular complexity index is 341. The lowest BCUT2D eigenvalue weighted by Gasteiger charge is -2.23. The summed E-state index contributed by atoms with van der Waals surface area (Å²) in [6.07, 6.45) is -1.40. The van der Waals surface area contributed by atoms with E-state index in [0.717, 1.165) is 24.2 Å². The number of nitrogens with one attached hydrogen (secondary N) is 1. The van der Waals surface area contributed by atoms with Crippen molar-refractivity contribution in [3.05, 3.63) is 29.3 Å². The molecule has 0 aromatic heterocycles. The molecule has 14 heavy (non-hydrogen) atoms. The van der Waals surface area contributed by atoms with Gasteiger partial charge in [-0.15, -0.1) is 0 Å². The zero-order valence-electron chi connectivity index (χ0n) is 7.43. The van der Waals surface area contributed by atoms with Crippen LogP contribution in [0.3, 0.4) is 0 Å². The maximum absolute atomic E-state index is 12.4. The quantitative estimate of drug-likeness (QED) is 0.757. The van der Waals surface area contributed by atoms with Crippen LogP contribution in [0.15, 0.2) is 18.2 Å². The summed E-state index contributed by atoms with van der Waals surface area (Å²) in [5.41, 5.74) is 1.98. The van der Waals surface area contributed by atoms with Crippen molar-refractivity contribution in [1.29, 1.82) is 0 Å².